The third-order valence-corrected chi connectivity index (χ3v) is 8.42. The minimum absolute atomic E-state index is 0.332. The maximum Gasteiger partial charge on any atom is 0.243 e. The van der Waals surface area contributed by atoms with Crippen molar-refractivity contribution in [3.05, 3.63) is 52.3 Å². The van der Waals surface area contributed by atoms with E-state index in [-0.39, 0.29) is 0 Å². The number of benzene rings is 1. The summed E-state index contributed by atoms with van der Waals surface area (Å²) in [7, 11) is -2.01. The van der Waals surface area contributed by atoms with Crippen molar-refractivity contribution in [3.63, 3.8) is 0 Å². The zero-order chi connectivity index (χ0) is 23.9. The summed E-state index contributed by atoms with van der Waals surface area (Å²) in [6, 6.07) is 7.28. The molecule has 0 unspecified atom stereocenters. The Morgan fingerprint density at radius 3 is 2.06 bits per heavy atom. The van der Waals surface area contributed by atoms with Crippen LogP contribution in [0.4, 0.5) is 5.82 Å². The third kappa shape index (κ3) is 4.20. The normalized spacial score (nSPS) is 15.2. The van der Waals surface area contributed by atoms with E-state index in [1.54, 1.807) is 30.8 Å². The minimum Gasteiger partial charge on any atom is -0.496 e. The highest BCUT2D eigenvalue weighted by Crippen LogP contribution is 2.28. The summed E-state index contributed by atoms with van der Waals surface area (Å²) in [5.41, 5.74) is 4.63. The Morgan fingerprint density at radius 2 is 1.52 bits per heavy atom. The Morgan fingerprint density at radius 1 is 0.879 bits per heavy atom. The first-order chi connectivity index (χ1) is 15.6. The highest BCUT2D eigenvalue weighted by molar-refractivity contribution is 7.89. The maximum atomic E-state index is 13.3. The van der Waals surface area contributed by atoms with E-state index in [9.17, 15) is 8.42 Å². The highest BCUT2D eigenvalue weighted by atomic mass is 32.2. The summed E-state index contributed by atoms with van der Waals surface area (Å²) in [6.07, 6.45) is 0. The number of sulfonamides is 1. The van der Waals surface area contributed by atoms with E-state index < -0.39 is 10.0 Å². The molecule has 0 saturated carbocycles. The topological polar surface area (TPSA) is 93.5 Å². The van der Waals surface area contributed by atoms with Gasteiger partial charge < -0.3 is 9.64 Å². The van der Waals surface area contributed by atoms with Crippen LogP contribution in [0.3, 0.4) is 0 Å². The van der Waals surface area contributed by atoms with Gasteiger partial charge in [-0.2, -0.15) is 9.40 Å². The van der Waals surface area contributed by atoms with E-state index >= 15 is 0 Å². The van der Waals surface area contributed by atoms with Crippen LogP contribution in [-0.2, 0) is 10.0 Å². The Hall–Kier alpha value is -2.98. The maximum absolute atomic E-state index is 13.3. The van der Waals surface area contributed by atoms with Gasteiger partial charge in [-0.25, -0.2) is 13.1 Å². The summed E-state index contributed by atoms with van der Waals surface area (Å²) in [5.74, 6) is 2.08. The molecule has 1 aliphatic rings. The van der Waals surface area contributed by atoms with Crippen LogP contribution >= 0.6 is 0 Å². The largest absolute Gasteiger partial charge is 0.496 e. The fourth-order valence-corrected chi connectivity index (χ4v) is 5.81. The molecule has 1 saturated heterocycles. The molecule has 3 heterocycles. The molecular formula is C23H30N6O3S. The number of ether oxygens (including phenoxy) is 1. The molecule has 0 spiro atoms. The van der Waals surface area contributed by atoms with Crippen LogP contribution in [0.5, 0.6) is 5.75 Å². The number of piperazine rings is 1. The molecule has 2 aromatic heterocycles. The second kappa shape index (κ2) is 8.75. The molecule has 9 nitrogen and oxygen atoms in total. The first-order valence-corrected chi connectivity index (χ1v) is 12.3. The first kappa shape index (κ1) is 23.2. The number of aromatic nitrogens is 4. The van der Waals surface area contributed by atoms with Gasteiger partial charge in [0.15, 0.2) is 11.6 Å². The Kier molecular flexibility index (Phi) is 6.15. The lowest BCUT2D eigenvalue weighted by Crippen LogP contribution is -2.49. The van der Waals surface area contributed by atoms with Gasteiger partial charge in [0.25, 0.3) is 0 Å². The quantitative estimate of drug-likeness (QED) is 0.566. The van der Waals surface area contributed by atoms with Gasteiger partial charge in [0.1, 0.15) is 5.75 Å². The molecule has 0 radical (unpaired) electrons. The molecule has 10 heteroatoms. The van der Waals surface area contributed by atoms with Gasteiger partial charge in [0.05, 0.1) is 17.7 Å². The Labute approximate surface area is 195 Å². The number of anilines is 1. The number of hydrogen-bond acceptors (Lipinski definition) is 7. The van der Waals surface area contributed by atoms with Crippen molar-refractivity contribution in [2.45, 2.75) is 39.5 Å². The molecule has 1 fully saturated rings. The number of aryl methyl sites for hydroxylation is 3. The average molecular weight is 471 g/mol. The summed E-state index contributed by atoms with van der Waals surface area (Å²) in [6.45, 7) is 11.5. The summed E-state index contributed by atoms with van der Waals surface area (Å²) in [4.78, 5) is 2.39. The van der Waals surface area contributed by atoms with Gasteiger partial charge in [0.2, 0.25) is 10.0 Å². The van der Waals surface area contributed by atoms with Gasteiger partial charge >= 0.3 is 0 Å². The molecule has 1 aromatic carbocycles. The molecule has 0 bridgehead atoms. The Balaban J connectivity index is 1.48. The molecule has 0 amide bonds. The molecule has 0 aliphatic carbocycles. The fourth-order valence-electron chi connectivity index (χ4n) is 4.10. The lowest BCUT2D eigenvalue weighted by atomic mass is 10.1. The summed E-state index contributed by atoms with van der Waals surface area (Å²) in [5, 5.41) is 13.3. The molecular weight excluding hydrogens is 440 g/mol. The van der Waals surface area contributed by atoms with Gasteiger partial charge in [0, 0.05) is 31.9 Å². The third-order valence-electron chi connectivity index (χ3n) is 6.38. The van der Waals surface area contributed by atoms with Crippen molar-refractivity contribution < 1.29 is 13.2 Å². The van der Waals surface area contributed by atoms with Crippen molar-refractivity contribution in [1.29, 1.82) is 0 Å². The molecule has 176 valence electrons. The van der Waals surface area contributed by atoms with Gasteiger partial charge in [-0.05, 0) is 75.6 Å². The second-order valence-electron chi connectivity index (χ2n) is 8.44. The fraction of sp³-hybridized carbons (Fsp3) is 0.435. The summed E-state index contributed by atoms with van der Waals surface area (Å²) < 4.78 is 35.2. The van der Waals surface area contributed by atoms with Gasteiger partial charge in [-0.15, -0.1) is 10.2 Å². The molecule has 1 aliphatic heterocycles. The van der Waals surface area contributed by atoms with E-state index in [4.69, 9.17) is 4.74 Å². The van der Waals surface area contributed by atoms with E-state index in [0.717, 1.165) is 28.3 Å². The van der Waals surface area contributed by atoms with Crippen molar-refractivity contribution in [1.82, 2.24) is 24.3 Å². The standard InChI is InChI=1S/C23H30N6O3S/c1-15-14-21(16(2)13-20(15)32-6)33(30,31)28-11-9-27(10-12-28)22-7-8-23(25-24-22)29-19(5)17(3)18(4)26-29/h7-8,13-14H,9-12H2,1-6H3. The minimum atomic E-state index is -3.59. The smallest absolute Gasteiger partial charge is 0.243 e. The van der Waals surface area contributed by atoms with Crippen LogP contribution < -0.4 is 9.64 Å². The summed E-state index contributed by atoms with van der Waals surface area (Å²) >= 11 is 0. The lowest BCUT2D eigenvalue weighted by molar-refractivity contribution is 0.382. The van der Waals surface area contributed by atoms with Crippen LogP contribution in [0.25, 0.3) is 5.82 Å². The Bertz CT molecular complexity index is 1280. The van der Waals surface area contributed by atoms with Crippen LogP contribution in [0.1, 0.15) is 28.1 Å². The number of nitrogens with zero attached hydrogens (tertiary/aromatic N) is 6. The van der Waals surface area contributed by atoms with Crippen molar-refractivity contribution in [2.24, 2.45) is 0 Å². The molecule has 3 aromatic rings. The second-order valence-corrected chi connectivity index (χ2v) is 10.3. The molecule has 33 heavy (non-hydrogen) atoms. The first-order valence-electron chi connectivity index (χ1n) is 10.9. The van der Waals surface area contributed by atoms with Crippen molar-refractivity contribution in [3.8, 4) is 11.6 Å². The van der Waals surface area contributed by atoms with Crippen molar-refractivity contribution in [2.75, 3.05) is 38.2 Å². The SMILES string of the molecule is COc1cc(C)c(S(=O)(=O)N2CCN(c3ccc(-n4nc(C)c(C)c4C)nn3)CC2)cc1C. The predicted molar refractivity (Wildman–Crippen MR) is 127 cm³/mol. The van der Waals surface area contributed by atoms with Crippen molar-refractivity contribution >= 4 is 15.8 Å². The number of rotatable bonds is 5. The number of methoxy groups -OCH3 is 1. The van der Waals surface area contributed by atoms with E-state index in [1.807, 2.05) is 39.8 Å². The zero-order valence-electron chi connectivity index (χ0n) is 20.0. The molecule has 0 N–H and O–H groups in total. The van der Waals surface area contributed by atoms with Gasteiger partial charge in [-0.3, -0.25) is 0 Å². The molecule has 4 rings (SSSR count). The van der Waals surface area contributed by atoms with Crippen LogP contribution in [-0.4, -0.2) is 66.0 Å². The van der Waals surface area contributed by atoms with Crippen LogP contribution in [0.2, 0.25) is 0 Å². The van der Waals surface area contributed by atoms with E-state index in [0.29, 0.717) is 48.2 Å². The lowest BCUT2D eigenvalue weighted by Gasteiger charge is -2.34. The zero-order valence-corrected chi connectivity index (χ0v) is 20.8. The van der Waals surface area contributed by atoms with Crippen LogP contribution in [0, 0.1) is 34.6 Å². The van der Waals surface area contributed by atoms with E-state index in [1.165, 1.54) is 4.31 Å². The number of hydrogen-bond donors (Lipinski definition) is 0. The average Bonchev–Trinajstić information content (AvgIpc) is 3.07. The predicted octanol–water partition coefficient (Wildman–Crippen LogP) is 2.72. The monoisotopic (exact) mass is 470 g/mol. The van der Waals surface area contributed by atoms with Gasteiger partial charge in [-0.1, -0.05) is 0 Å². The highest BCUT2D eigenvalue weighted by Gasteiger charge is 2.30. The van der Waals surface area contributed by atoms with Crippen LogP contribution in [0.15, 0.2) is 29.2 Å². The van der Waals surface area contributed by atoms with E-state index in [2.05, 4.69) is 20.2 Å². The molecule has 0 atom stereocenters.